The van der Waals surface area contributed by atoms with Crippen molar-refractivity contribution < 1.29 is 18.8 Å². The van der Waals surface area contributed by atoms with Gasteiger partial charge in [0.2, 0.25) is 11.8 Å². The highest BCUT2D eigenvalue weighted by atomic mass is 35.5. The van der Waals surface area contributed by atoms with Crippen LogP contribution in [0.5, 0.6) is 0 Å². The number of benzene rings is 2. The normalized spacial score (nSPS) is 19.1. The van der Waals surface area contributed by atoms with Crippen molar-refractivity contribution in [1.29, 1.82) is 0 Å². The van der Waals surface area contributed by atoms with Crippen molar-refractivity contribution in [2.24, 2.45) is 5.92 Å². The number of carbonyl (C=O) groups is 3. The molecule has 3 amide bonds. The zero-order valence-corrected chi connectivity index (χ0v) is 17.7. The summed E-state index contributed by atoms with van der Waals surface area (Å²) in [5.74, 6) is -1.19. The molecule has 2 saturated heterocycles. The molecular weight excluding hydrogens is 421 g/mol. The van der Waals surface area contributed by atoms with Crippen LogP contribution in [-0.4, -0.2) is 65.1 Å². The molecule has 8 heteroatoms. The lowest BCUT2D eigenvalue weighted by Gasteiger charge is -2.36. The van der Waals surface area contributed by atoms with Gasteiger partial charge in [0.1, 0.15) is 5.82 Å². The van der Waals surface area contributed by atoms with E-state index in [0.29, 0.717) is 39.3 Å². The summed E-state index contributed by atoms with van der Waals surface area (Å²) >= 11 is 6.01. The topological polar surface area (TPSA) is 60.9 Å². The largest absolute Gasteiger partial charge is 0.339 e. The van der Waals surface area contributed by atoms with Gasteiger partial charge in [0.05, 0.1) is 16.5 Å². The van der Waals surface area contributed by atoms with Crippen molar-refractivity contribution in [2.75, 3.05) is 32.7 Å². The van der Waals surface area contributed by atoms with E-state index >= 15 is 0 Å². The van der Waals surface area contributed by atoms with Gasteiger partial charge in [0.15, 0.2) is 0 Å². The van der Waals surface area contributed by atoms with Crippen molar-refractivity contribution in [3.63, 3.8) is 0 Å². The Balaban J connectivity index is 1.32. The first-order chi connectivity index (χ1) is 14.9. The van der Waals surface area contributed by atoms with Gasteiger partial charge in [0, 0.05) is 45.7 Å². The Labute approximate surface area is 185 Å². The summed E-state index contributed by atoms with van der Waals surface area (Å²) in [4.78, 5) is 43.1. The van der Waals surface area contributed by atoms with Gasteiger partial charge in [0.25, 0.3) is 5.91 Å². The van der Waals surface area contributed by atoms with Gasteiger partial charge in [-0.25, -0.2) is 4.39 Å². The third-order valence-electron chi connectivity index (χ3n) is 5.82. The number of likely N-dealkylation sites (tertiary alicyclic amines) is 1. The van der Waals surface area contributed by atoms with Gasteiger partial charge in [-0.15, -0.1) is 0 Å². The lowest BCUT2D eigenvalue weighted by Crippen LogP contribution is -2.52. The van der Waals surface area contributed by atoms with E-state index in [1.807, 2.05) is 30.3 Å². The van der Waals surface area contributed by atoms with E-state index in [1.54, 1.807) is 14.7 Å². The number of nitrogens with zero attached hydrogens (tertiary/aromatic N) is 3. The molecule has 2 aliphatic rings. The second kappa shape index (κ2) is 9.06. The molecule has 0 spiro atoms. The summed E-state index contributed by atoms with van der Waals surface area (Å²) in [6.45, 7) is 2.44. The minimum absolute atomic E-state index is 0.0121. The summed E-state index contributed by atoms with van der Waals surface area (Å²) in [5.41, 5.74) is 1.29. The molecule has 4 rings (SSSR count). The lowest BCUT2D eigenvalue weighted by atomic mass is 10.1. The predicted molar refractivity (Wildman–Crippen MR) is 114 cm³/mol. The Bertz CT molecular complexity index is 993. The maximum atomic E-state index is 13.2. The standard InChI is InChI=1S/C23H23ClFN3O3/c24-20-13-18(25)6-7-19(20)23(31)27-10-8-26(9-11-27)22(30)17-12-21(29)28(15-17)14-16-4-2-1-3-5-16/h1-7,13,17H,8-12,14-15H2. The quantitative estimate of drug-likeness (QED) is 0.730. The second-order valence-corrected chi connectivity index (χ2v) is 8.31. The molecule has 0 saturated carbocycles. The molecule has 2 aromatic rings. The fourth-order valence-electron chi connectivity index (χ4n) is 4.12. The molecule has 1 unspecified atom stereocenters. The first-order valence-electron chi connectivity index (χ1n) is 10.3. The zero-order chi connectivity index (χ0) is 22.0. The minimum atomic E-state index is -0.496. The Morgan fingerprint density at radius 3 is 2.35 bits per heavy atom. The van der Waals surface area contributed by atoms with E-state index in [1.165, 1.54) is 12.1 Å². The number of halogens is 2. The van der Waals surface area contributed by atoms with Gasteiger partial charge in [-0.2, -0.15) is 0 Å². The van der Waals surface area contributed by atoms with E-state index in [2.05, 4.69) is 0 Å². The van der Waals surface area contributed by atoms with E-state index in [4.69, 9.17) is 11.6 Å². The Kier molecular flexibility index (Phi) is 6.23. The van der Waals surface area contributed by atoms with Crippen LogP contribution in [0.15, 0.2) is 48.5 Å². The Morgan fingerprint density at radius 1 is 1.00 bits per heavy atom. The van der Waals surface area contributed by atoms with E-state index in [9.17, 15) is 18.8 Å². The number of amides is 3. The third-order valence-corrected chi connectivity index (χ3v) is 6.13. The van der Waals surface area contributed by atoms with Gasteiger partial charge in [-0.1, -0.05) is 41.9 Å². The van der Waals surface area contributed by atoms with Crippen LogP contribution in [0, 0.1) is 11.7 Å². The van der Waals surface area contributed by atoms with Crippen LogP contribution >= 0.6 is 11.6 Å². The highest BCUT2D eigenvalue weighted by Crippen LogP contribution is 2.24. The monoisotopic (exact) mass is 443 g/mol. The minimum Gasteiger partial charge on any atom is -0.339 e. The first kappa shape index (κ1) is 21.3. The summed E-state index contributed by atoms with van der Waals surface area (Å²) in [6.07, 6.45) is 0.218. The number of rotatable bonds is 4. The molecule has 2 heterocycles. The highest BCUT2D eigenvalue weighted by Gasteiger charge is 2.37. The van der Waals surface area contributed by atoms with Gasteiger partial charge in [-0.05, 0) is 23.8 Å². The molecular formula is C23H23ClFN3O3. The SMILES string of the molecule is O=C1CC(C(=O)N2CCN(C(=O)c3ccc(F)cc3Cl)CC2)CN1Cc1ccccc1. The molecule has 2 fully saturated rings. The summed E-state index contributed by atoms with van der Waals surface area (Å²) in [5, 5.41) is 0.0754. The molecule has 0 N–H and O–H groups in total. The van der Waals surface area contributed by atoms with Crippen molar-refractivity contribution in [3.05, 3.63) is 70.5 Å². The number of hydrogen-bond donors (Lipinski definition) is 0. The van der Waals surface area contributed by atoms with Crippen LogP contribution in [0.1, 0.15) is 22.3 Å². The van der Waals surface area contributed by atoms with Crippen LogP contribution < -0.4 is 0 Å². The van der Waals surface area contributed by atoms with E-state index in [0.717, 1.165) is 11.6 Å². The van der Waals surface area contributed by atoms with Crippen LogP contribution in [0.3, 0.4) is 0 Å². The predicted octanol–water partition coefficient (Wildman–Crippen LogP) is 2.81. The number of piperazine rings is 1. The molecule has 6 nitrogen and oxygen atoms in total. The summed E-state index contributed by atoms with van der Waals surface area (Å²) in [7, 11) is 0. The molecule has 0 radical (unpaired) electrons. The smallest absolute Gasteiger partial charge is 0.255 e. The van der Waals surface area contributed by atoms with Gasteiger partial charge >= 0.3 is 0 Å². The molecule has 2 aromatic carbocycles. The van der Waals surface area contributed by atoms with Crippen molar-refractivity contribution in [1.82, 2.24) is 14.7 Å². The first-order valence-corrected chi connectivity index (χ1v) is 10.6. The maximum Gasteiger partial charge on any atom is 0.255 e. The average Bonchev–Trinajstić information content (AvgIpc) is 3.14. The van der Waals surface area contributed by atoms with Crippen LogP contribution in [0.25, 0.3) is 0 Å². The van der Waals surface area contributed by atoms with E-state index < -0.39 is 5.82 Å². The van der Waals surface area contributed by atoms with Crippen molar-refractivity contribution in [2.45, 2.75) is 13.0 Å². The lowest BCUT2D eigenvalue weighted by molar-refractivity contribution is -0.137. The molecule has 2 aliphatic heterocycles. The zero-order valence-electron chi connectivity index (χ0n) is 17.0. The number of carbonyl (C=O) groups excluding carboxylic acids is 3. The number of hydrogen-bond acceptors (Lipinski definition) is 3. The van der Waals surface area contributed by atoms with Gasteiger partial charge < -0.3 is 14.7 Å². The van der Waals surface area contributed by atoms with Crippen molar-refractivity contribution >= 4 is 29.3 Å². The molecule has 162 valence electrons. The molecule has 31 heavy (non-hydrogen) atoms. The fourth-order valence-corrected chi connectivity index (χ4v) is 4.36. The van der Waals surface area contributed by atoms with Crippen LogP contribution in [0.4, 0.5) is 4.39 Å². The maximum absolute atomic E-state index is 13.2. The third kappa shape index (κ3) is 4.71. The Morgan fingerprint density at radius 2 is 1.68 bits per heavy atom. The van der Waals surface area contributed by atoms with Crippen molar-refractivity contribution in [3.8, 4) is 0 Å². The second-order valence-electron chi connectivity index (χ2n) is 7.90. The molecule has 1 atom stereocenters. The van der Waals surface area contributed by atoms with E-state index in [-0.39, 0.29) is 40.6 Å². The molecule has 0 aliphatic carbocycles. The molecule has 0 aromatic heterocycles. The summed E-state index contributed by atoms with van der Waals surface area (Å²) in [6, 6.07) is 13.4. The summed E-state index contributed by atoms with van der Waals surface area (Å²) < 4.78 is 13.2. The Hall–Kier alpha value is -2.93. The van der Waals surface area contributed by atoms with Gasteiger partial charge in [-0.3, -0.25) is 14.4 Å². The van der Waals surface area contributed by atoms with Crippen LogP contribution in [-0.2, 0) is 16.1 Å². The average molecular weight is 444 g/mol. The molecule has 0 bridgehead atoms. The van der Waals surface area contributed by atoms with Crippen LogP contribution in [0.2, 0.25) is 5.02 Å². The fraction of sp³-hybridized carbons (Fsp3) is 0.348. The highest BCUT2D eigenvalue weighted by molar-refractivity contribution is 6.33.